The molecule has 1 aromatic heterocycles. The first-order valence-corrected chi connectivity index (χ1v) is 8.93. The van der Waals surface area contributed by atoms with E-state index in [-0.39, 0.29) is 11.5 Å². The van der Waals surface area contributed by atoms with Crippen LogP contribution in [0.25, 0.3) is 5.70 Å². The molecule has 2 unspecified atom stereocenters. The molecule has 0 radical (unpaired) electrons. The van der Waals surface area contributed by atoms with Crippen LogP contribution in [-0.4, -0.2) is 27.1 Å². The Hall–Kier alpha value is -3.17. The summed E-state index contributed by atoms with van der Waals surface area (Å²) in [5.74, 6) is -1.29. The van der Waals surface area contributed by atoms with Gasteiger partial charge in [0.05, 0.1) is 23.5 Å². The van der Waals surface area contributed by atoms with Gasteiger partial charge in [0, 0.05) is 11.6 Å². The third kappa shape index (κ3) is 4.64. The van der Waals surface area contributed by atoms with Crippen molar-refractivity contribution in [2.75, 3.05) is 0 Å². The summed E-state index contributed by atoms with van der Waals surface area (Å²) >= 11 is 0. The fourth-order valence-corrected chi connectivity index (χ4v) is 2.86. The first-order chi connectivity index (χ1) is 13.7. The number of rotatable bonds is 5. The minimum Gasteiger partial charge on any atom is -0.360 e. The number of nitrogens with zero attached hydrogens (tertiary/aromatic N) is 3. The summed E-state index contributed by atoms with van der Waals surface area (Å²) in [6.45, 7) is 3.55. The summed E-state index contributed by atoms with van der Waals surface area (Å²) in [7, 11) is 0. The molecule has 2 aromatic rings. The van der Waals surface area contributed by atoms with Crippen molar-refractivity contribution in [2.45, 2.75) is 38.7 Å². The van der Waals surface area contributed by atoms with Gasteiger partial charge in [0.1, 0.15) is 17.7 Å². The molecule has 0 fully saturated rings. The predicted molar refractivity (Wildman–Crippen MR) is 97.7 cm³/mol. The maximum atomic E-state index is 14.3. The number of hydrogen-bond acceptors (Lipinski definition) is 4. The van der Waals surface area contributed by atoms with Gasteiger partial charge in [-0.3, -0.25) is 4.79 Å². The lowest BCUT2D eigenvalue weighted by molar-refractivity contribution is -0.137. The molecule has 0 saturated carbocycles. The Labute approximate surface area is 164 Å². The van der Waals surface area contributed by atoms with E-state index in [1.807, 2.05) is 13.0 Å². The van der Waals surface area contributed by atoms with Crippen LogP contribution >= 0.6 is 0 Å². The zero-order valence-electron chi connectivity index (χ0n) is 15.7. The predicted octanol–water partition coefficient (Wildman–Crippen LogP) is 3.40. The molecule has 0 spiro atoms. The fourth-order valence-electron chi connectivity index (χ4n) is 2.86. The molecule has 154 valence electrons. The van der Waals surface area contributed by atoms with Gasteiger partial charge in [-0.25, -0.2) is 9.07 Å². The number of carbonyl (C=O) groups is 1. The molecule has 3 rings (SSSR count). The van der Waals surface area contributed by atoms with Crippen LogP contribution < -0.4 is 10.6 Å². The second kappa shape index (κ2) is 8.06. The molecule has 10 heteroatoms. The third-order valence-corrected chi connectivity index (χ3v) is 4.41. The van der Waals surface area contributed by atoms with Crippen LogP contribution in [0.15, 0.2) is 42.6 Å². The maximum absolute atomic E-state index is 14.3. The van der Waals surface area contributed by atoms with E-state index in [1.165, 1.54) is 17.0 Å². The topological polar surface area (TPSA) is 71.8 Å². The summed E-state index contributed by atoms with van der Waals surface area (Å²) in [4.78, 5) is 11.9. The lowest BCUT2D eigenvalue weighted by Crippen LogP contribution is -2.46. The Bertz CT molecular complexity index is 964. The molecule has 2 N–H and O–H groups in total. The molecule has 2 heterocycles. The zero-order valence-corrected chi connectivity index (χ0v) is 15.7. The number of nitrogens with one attached hydrogen (secondary N) is 2. The van der Waals surface area contributed by atoms with Gasteiger partial charge in [-0.05, 0) is 31.6 Å². The lowest BCUT2D eigenvalue weighted by atomic mass is 10.0. The first kappa shape index (κ1) is 20.6. The van der Waals surface area contributed by atoms with Gasteiger partial charge in [0.15, 0.2) is 0 Å². The Morgan fingerprint density at radius 1 is 1.31 bits per heavy atom. The number of halogens is 4. The summed E-state index contributed by atoms with van der Waals surface area (Å²) in [6.07, 6.45) is 2.30. The van der Waals surface area contributed by atoms with Crippen molar-refractivity contribution < 1.29 is 22.4 Å². The van der Waals surface area contributed by atoms with Crippen molar-refractivity contribution >= 4 is 11.6 Å². The van der Waals surface area contributed by atoms with Crippen LogP contribution in [0.3, 0.4) is 0 Å². The maximum Gasteiger partial charge on any atom is 0.416 e. The van der Waals surface area contributed by atoms with Crippen molar-refractivity contribution in [2.24, 2.45) is 0 Å². The van der Waals surface area contributed by atoms with Crippen LogP contribution in [0.5, 0.6) is 0 Å². The number of carbonyl (C=O) groups excluding carboxylic acids is 1. The quantitative estimate of drug-likeness (QED) is 0.587. The first-order valence-electron chi connectivity index (χ1n) is 8.93. The number of allylic oxidation sites excluding steroid dienone is 1. The molecule has 0 saturated heterocycles. The van der Waals surface area contributed by atoms with Gasteiger partial charge >= 0.3 is 6.18 Å². The normalized spacial score (nSPS) is 18.3. The molecular weight excluding hydrogens is 390 g/mol. The van der Waals surface area contributed by atoms with Crippen molar-refractivity contribution in [3.63, 3.8) is 0 Å². The lowest BCUT2D eigenvalue weighted by Gasteiger charge is -2.23. The summed E-state index contributed by atoms with van der Waals surface area (Å²) in [6, 6.07) is 1.67. The fraction of sp³-hybridized carbons (Fsp3) is 0.316. The molecule has 1 aliphatic rings. The van der Waals surface area contributed by atoms with Crippen LogP contribution in [0.2, 0.25) is 0 Å². The van der Waals surface area contributed by atoms with Crippen molar-refractivity contribution in [3.05, 3.63) is 65.3 Å². The monoisotopic (exact) mass is 409 g/mol. The average molecular weight is 409 g/mol. The van der Waals surface area contributed by atoms with Gasteiger partial charge in [-0.2, -0.15) is 13.2 Å². The second-order valence-corrected chi connectivity index (χ2v) is 6.52. The van der Waals surface area contributed by atoms with Gasteiger partial charge in [-0.1, -0.05) is 24.3 Å². The smallest absolute Gasteiger partial charge is 0.360 e. The van der Waals surface area contributed by atoms with E-state index >= 15 is 0 Å². The Balaban J connectivity index is 1.83. The molecule has 0 bridgehead atoms. The minimum atomic E-state index is -4.62. The van der Waals surface area contributed by atoms with Gasteiger partial charge in [-0.15, -0.1) is 5.10 Å². The van der Waals surface area contributed by atoms with E-state index in [2.05, 4.69) is 20.9 Å². The summed E-state index contributed by atoms with van der Waals surface area (Å²) in [5, 5.41) is 13.7. The standard InChI is InChI=1S/C19H19F4N5O/c1-3-4-5-17-24-15(9-18(29)25-17)16-10-28(27-26-16)11(2)13-7-6-12(8-14(13)20)19(21,22)23/h4-11,17,24H,3H2,1-2H3,(H,25,29)/b5-4+. The zero-order chi connectivity index (χ0) is 21.2. The Morgan fingerprint density at radius 3 is 2.72 bits per heavy atom. The average Bonchev–Trinajstić information content (AvgIpc) is 3.15. The second-order valence-electron chi connectivity index (χ2n) is 6.52. The molecule has 29 heavy (non-hydrogen) atoms. The number of amides is 1. The van der Waals surface area contributed by atoms with Gasteiger partial charge in [0.2, 0.25) is 5.91 Å². The van der Waals surface area contributed by atoms with E-state index < -0.39 is 29.8 Å². The number of benzene rings is 1. The molecule has 6 nitrogen and oxygen atoms in total. The van der Waals surface area contributed by atoms with Crippen LogP contribution in [-0.2, 0) is 11.0 Å². The molecule has 2 atom stereocenters. The number of aromatic nitrogens is 3. The van der Waals surface area contributed by atoms with E-state index in [9.17, 15) is 22.4 Å². The van der Waals surface area contributed by atoms with Gasteiger partial charge in [0.25, 0.3) is 0 Å². The Kier molecular flexibility index (Phi) is 5.71. The Morgan fingerprint density at radius 2 is 2.07 bits per heavy atom. The van der Waals surface area contributed by atoms with Crippen molar-refractivity contribution in [1.82, 2.24) is 25.6 Å². The van der Waals surface area contributed by atoms with Crippen LogP contribution in [0, 0.1) is 5.82 Å². The molecular formula is C19H19F4N5O. The number of alkyl halides is 3. The van der Waals surface area contributed by atoms with Crippen molar-refractivity contribution in [1.29, 1.82) is 0 Å². The van der Waals surface area contributed by atoms with Crippen molar-refractivity contribution in [3.8, 4) is 0 Å². The van der Waals surface area contributed by atoms with Crippen LogP contribution in [0.1, 0.15) is 43.1 Å². The van der Waals surface area contributed by atoms with Gasteiger partial charge < -0.3 is 10.6 Å². The molecule has 1 amide bonds. The van der Waals surface area contributed by atoms with E-state index in [0.29, 0.717) is 17.5 Å². The largest absolute Gasteiger partial charge is 0.416 e. The SMILES string of the molecule is CC/C=C/C1NC(=O)C=C(c2cn(C(C)c3ccc(C(F)(F)F)cc3F)nn2)N1. The highest BCUT2D eigenvalue weighted by atomic mass is 19.4. The highest BCUT2D eigenvalue weighted by Crippen LogP contribution is 2.32. The summed E-state index contributed by atoms with van der Waals surface area (Å²) < 4.78 is 53.8. The van der Waals surface area contributed by atoms with Crippen LogP contribution in [0.4, 0.5) is 17.6 Å². The molecule has 1 aromatic carbocycles. The number of hydrogen-bond donors (Lipinski definition) is 2. The third-order valence-electron chi connectivity index (χ3n) is 4.41. The highest BCUT2D eigenvalue weighted by Gasteiger charge is 2.31. The molecule has 1 aliphatic heterocycles. The van der Waals surface area contributed by atoms with E-state index in [4.69, 9.17) is 0 Å². The van der Waals surface area contributed by atoms with E-state index in [1.54, 1.807) is 13.0 Å². The summed E-state index contributed by atoms with van der Waals surface area (Å²) in [5.41, 5.74) is -0.222. The highest BCUT2D eigenvalue weighted by molar-refractivity contribution is 5.96. The van der Waals surface area contributed by atoms with E-state index in [0.717, 1.165) is 18.6 Å². The molecule has 0 aliphatic carbocycles. The minimum absolute atomic E-state index is 0.0431.